The molecule has 0 saturated heterocycles. The summed E-state index contributed by atoms with van der Waals surface area (Å²) in [4.78, 5) is 15.4. The maximum Gasteiger partial charge on any atom is 0.469 e. The van der Waals surface area contributed by atoms with Crippen molar-refractivity contribution in [2.75, 3.05) is 12.8 Å². The number of anilines is 1. The van der Waals surface area contributed by atoms with Crippen molar-refractivity contribution >= 4 is 23.3 Å². The van der Waals surface area contributed by atoms with Gasteiger partial charge < -0.3 is 15.2 Å². The van der Waals surface area contributed by atoms with Gasteiger partial charge in [0.2, 0.25) is 0 Å². The Morgan fingerprint density at radius 3 is 2.58 bits per heavy atom. The lowest BCUT2D eigenvalue weighted by atomic mass is 10.0. The Morgan fingerprint density at radius 2 is 1.96 bits per heavy atom. The van der Waals surface area contributed by atoms with E-state index in [1.54, 1.807) is 0 Å². The van der Waals surface area contributed by atoms with Gasteiger partial charge in [-0.3, -0.25) is 0 Å². The van der Waals surface area contributed by atoms with Crippen LogP contribution < -0.4 is 10.5 Å². The minimum Gasteiger partial charge on any atom is -0.464 e. The van der Waals surface area contributed by atoms with Gasteiger partial charge in [0.25, 0.3) is 0 Å². The first kappa shape index (κ1) is 18.2. The maximum atomic E-state index is 14.6. The quantitative estimate of drug-likeness (QED) is 0.616. The van der Waals surface area contributed by atoms with Gasteiger partial charge in [-0.05, 0) is 18.2 Å². The number of pyridine rings is 1. The molecule has 2 N–H and O–H groups in total. The molecular formula is C15H8ClF5N2O3. The van der Waals surface area contributed by atoms with E-state index in [1.165, 1.54) is 0 Å². The van der Waals surface area contributed by atoms with Crippen molar-refractivity contribution in [3.8, 4) is 17.0 Å². The fourth-order valence-electron chi connectivity index (χ4n) is 2.37. The number of hydrogen-bond acceptors (Lipinski definition) is 5. The van der Waals surface area contributed by atoms with Crippen LogP contribution in [0.25, 0.3) is 11.3 Å². The van der Waals surface area contributed by atoms with Crippen LogP contribution in [-0.2, 0) is 10.7 Å². The Morgan fingerprint density at radius 1 is 1.31 bits per heavy atom. The second-order valence-electron chi connectivity index (χ2n) is 5.25. The van der Waals surface area contributed by atoms with Crippen LogP contribution in [0.3, 0.4) is 0 Å². The molecule has 0 spiro atoms. The Labute approximate surface area is 147 Å². The first-order valence-electron chi connectivity index (χ1n) is 6.83. The molecule has 11 heteroatoms. The fraction of sp³-hybridized carbons (Fsp3) is 0.200. The molecule has 138 valence electrons. The van der Waals surface area contributed by atoms with Crippen molar-refractivity contribution in [2.24, 2.45) is 0 Å². The number of alkyl halides is 4. The number of benzene rings is 1. The van der Waals surface area contributed by atoms with Crippen molar-refractivity contribution in [3.05, 3.63) is 40.3 Å². The van der Waals surface area contributed by atoms with Crippen molar-refractivity contribution in [1.82, 2.24) is 4.98 Å². The summed E-state index contributed by atoms with van der Waals surface area (Å²) >= 11 is 5.83. The highest BCUT2D eigenvalue weighted by atomic mass is 35.5. The zero-order valence-electron chi connectivity index (χ0n) is 12.7. The Hall–Kier alpha value is -2.62. The summed E-state index contributed by atoms with van der Waals surface area (Å²) in [6.45, 7) is 0. The van der Waals surface area contributed by atoms with Gasteiger partial charge in [0.15, 0.2) is 17.3 Å². The molecule has 2 aromatic rings. The summed E-state index contributed by atoms with van der Waals surface area (Å²) in [5.41, 5.74) is 2.87. The summed E-state index contributed by atoms with van der Waals surface area (Å²) in [5.74, 6) is -8.51. The van der Waals surface area contributed by atoms with Crippen molar-refractivity contribution in [2.45, 2.75) is 12.0 Å². The number of rotatable bonds is 2. The summed E-state index contributed by atoms with van der Waals surface area (Å²) in [6, 6.07) is 2.42. The number of aromatic nitrogens is 1. The molecule has 0 aliphatic carbocycles. The molecule has 2 heterocycles. The molecule has 1 aromatic heterocycles. The molecule has 5 nitrogen and oxygen atoms in total. The van der Waals surface area contributed by atoms with E-state index < -0.39 is 46.4 Å². The topological polar surface area (TPSA) is 74.4 Å². The zero-order valence-corrected chi connectivity index (χ0v) is 13.5. The molecule has 3 rings (SSSR count). The Bertz CT molecular complexity index is 936. The SMILES string of the molecule is COC(=O)c1nc(-c2ccc3c(c2F)OC(F)(F)C3(F)F)cc(N)c1Cl. The van der Waals surface area contributed by atoms with Crippen molar-refractivity contribution < 1.29 is 36.2 Å². The second-order valence-corrected chi connectivity index (χ2v) is 5.63. The third-order valence-electron chi connectivity index (χ3n) is 3.67. The third-order valence-corrected chi connectivity index (χ3v) is 4.07. The number of carbonyl (C=O) groups excluding carboxylic acids is 1. The van der Waals surface area contributed by atoms with Crippen LogP contribution in [-0.4, -0.2) is 24.2 Å². The van der Waals surface area contributed by atoms with Gasteiger partial charge in [0, 0.05) is 5.56 Å². The van der Waals surface area contributed by atoms with Gasteiger partial charge in [0.05, 0.1) is 29.1 Å². The molecule has 0 fully saturated rings. The van der Waals surface area contributed by atoms with E-state index in [2.05, 4.69) is 14.5 Å². The molecule has 0 bridgehead atoms. The number of nitrogens with two attached hydrogens (primary N) is 1. The number of nitrogen functional groups attached to an aromatic ring is 1. The van der Waals surface area contributed by atoms with Crippen LogP contribution in [0, 0.1) is 5.82 Å². The predicted octanol–water partition coefficient (Wildman–Crippen LogP) is 3.99. The standard InChI is InChI=1S/C15H8ClF5N2O3/c1-25-13(24)11-9(16)7(22)4-8(23-11)5-2-3-6-12(10(5)17)26-15(20,21)14(6,18)19/h2-4H,1H3,(H2,22,23). The van der Waals surface area contributed by atoms with E-state index in [4.69, 9.17) is 17.3 Å². The fourth-order valence-corrected chi connectivity index (χ4v) is 2.54. The molecule has 0 unspecified atom stereocenters. The largest absolute Gasteiger partial charge is 0.469 e. The first-order valence-corrected chi connectivity index (χ1v) is 7.21. The van der Waals surface area contributed by atoms with Gasteiger partial charge in [-0.15, -0.1) is 0 Å². The number of fused-ring (bicyclic) bond motifs is 1. The van der Waals surface area contributed by atoms with Gasteiger partial charge in [-0.2, -0.15) is 17.6 Å². The van der Waals surface area contributed by atoms with Crippen LogP contribution >= 0.6 is 11.6 Å². The number of carbonyl (C=O) groups is 1. The number of methoxy groups -OCH3 is 1. The third kappa shape index (κ3) is 2.44. The number of ether oxygens (including phenoxy) is 2. The molecule has 1 aliphatic heterocycles. The smallest absolute Gasteiger partial charge is 0.464 e. The lowest BCUT2D eigenvalue weighted by Gasteiger charge is -2.15. The average Bonchev–Trinajstić information content (AvgIpc) is 2.76. The summed E-state index contributed by atoms with van der Waals surface area (Å²) in [6.07, 6.45) is -4.90. The van der Waals surface area contributed by atoms with Crippen LogP contribution in [0.2, 0.25) is 5.02 Å². The first-order chi connectivity index (χ1) is 12.0. The highest BCUT2D eigenvalue weighted by Gasteiger charge is 2.67. The van der Waals surface area contributed by atoms with E-state index in [-0.39, 0.29) is 16.4 Å². The monoisotopic (exact) mass is 394 g/mol. The summed E-state index contributed by atoms with van der Waals surface area (Å²) < 4.78 is 76.7. The molecular weight excluding hydrogens is 387 g/mol. The van der Waals surface area contributed by atoms with Gasteiger partial charge in [0.1, 0.15) is 0 Å². The minimum absolute atomic E-state index is 0.187. The van der Waals surface area contributed by atoms with Crippen molar-refractivity contribution in [1.29, 1.82) is 0 Å². The lowest BCUT2D eigenvalue weighted by Crippen LogP contribution is -2.36. The molecule has 0 atom stereocenters. The molecule has 1 aromatic carbocycles. The molecule has 0 saturated carbocycles. The van der Waals surface area contributed by atoms with Gasteiger partial charge >= 0.3 is 18.0 Å². The van der Waals surface area contributed by atoms with Crippen LogP contribution in [0.5, 0.6) is 5.75 Å². The Balaban J connectivity index is 2.20. The molecule has 0 radical (unpaired) electrons. The molecule has 26 heavy (non-hydrogen) atoms. The van der Waals surface area contributed by atoms with Gasteiger partial charge in [-0.1, -0.05) is 11.6 Å². The molecule has 0 amide bonds. The second kappa shape index (κ2) is 5.70. The van der Waals surface area contributed by atoms with Crippen LogP contribution in [0.1, 0.15) is 16.1 Å². The van der Waals surface area contributed by atoms with E-state index >= 15 is 0 Å². The maximum absolute atomic E-state index is 14.6. The van der Waals surface area contributed by atoms with E-state index in [1.807, 2.05) is 0 Å². The van der Waals surface area contributed by atoms with Crippen LogP contribution in [0.15, 0.2) is 18.2 Å². The Kier molecular flexibility index (Phi) is 3.98. The highest BCUT2D eigenvalue weighted by Crippen LogP contribution is 2.55. The normalized spacial score (nSPS) is 16.7. The number of nitrogens with zero attached hydrogens (tertiary/aromatic N) is 1. The number of esters is 1. The summed E-state index contributed by atoms with van der Waals surface area (Å²) in [5, 5.41) is -0.267. The van der Waals surface area contributed by atoms with E-state index in [0.717, 1.165) is 19.2 Å². The predicted molar refractivity (Wildman–Crippen MR) is 79.9 cm³/mol. The number of hydrogen-bond donors (Lipinski definition) is 1. The highest BCUT2D eigenvalue weighted by molar-refractivity contribution is 6.35. The summed E-state index contributed by atoms with van der Waals surface area (Å²) in [7, 11) is 1.04. The average molecular weight is 395 g/mol. The van der Waals surface area contributed by atoms with Gasteiger partial charge in [-0.25, -0.2) is 14.2 Å². The van der Waals surface area contributed by atoms with Crippen LogP contribution in [0.4, 0.5) is 27.6 Å². The van der Waals surface area contributed by atoms with Crippen molar-refractivity contribution in [3.63, 3.8) is 0 Å². The van der Waals surface area contributed by atoms with E-state index in [0.29, 0.717) is 6.07 Å². The number of halogens is 6. The van der Waals surface area contributed by atoms with E-state index in [9.17, 15) is 26.7 Å². The minimum atomic E-state index is -4.90. The molecule has 1 aliphatic rings. The zero-order chi connectivity index (χ0) is 19.4. The lowest BCUT2D eigenvalue weighted by molar-refractivity contribution is -0.296.